The molecule has 6 atom stereocenters. The Bertz CT molecular complexity index is 2640. The molecule has 1 aliphatic heterocycles. The lowest BCUT2D eigenvalue weighted by atomic mass is 9.44. The Morgan fingerprint density at radius 2 is 1.43 bits per heavy atom. The van der Waals surface area contributed by atoms with E-state index in [1.54, 1.807) is 36.4 Å². The van der Waals surface area contributed by atoms with Gasteiger partial charge in [-0.05, 0) is 118 Å². The molecule has 10 nitrogen and oxygen atoms in total. The van der Waals surface area contributed by atoms with Crippen LogP contribution in [0.1, 0.15) is 35.4 Å². The summed E-state index contributed by atoms with van der Waals surface area (Å²) in [6.45, 7) is 0. The molecule has 11 heteroatoms. The van der Waals surface area contributed by atoms with Crippen molar-refractivity contribution in [3.63, 3.8) is 0 Å². The largest absolute Gasteiger partial charge is 0.503 e. The number of carbonyl (C=O) groups excluding carboxylic acids is 4. The van der Waals surface area contributed by atoms with Gasteiger partial charge in [0.1, 0.15) is 0 Å². The molecule has 9 rings (SSSR count). The molecule has 0 aromatic heterocycles. The average Bonchev–Trinajstić information content (AvgIpc) is 3.53. The minimum absolute atomic E-state index is 0.104. The molecule has 6 unspecified atom stereocenters. The van der Waals surface area contributed by atoms with Crippen LogP contribution in [0.15, 0.2) is 154 Å². The zero-order valence-corrected chi connectivity index (χ0v) is 34.7. The Balaban J connectivity index is 1.14. The van der Waals surface area contributed by atoms with Crippen molar-refractivity contribution in [2.45, 2.75) is 24.2 Å². The highest BCUT2D eigenvalue weighted by Crippen LogP contribution is 2.64. The molecule has 1 heterocycles. The quantitative estimate of drug-likeness (QED) is 0.0935. The maximum absolute atomic E-state index is 15.3. The Morgan fingerprint density at radius 3 is 2.07 bits per heavy atom. The number of carbonyl (C=O) groups is 4. The number of hydrogen-bond donors (Lipinski definition) is 1. The van der Waals surface area contributed by atoms with Crippen LogP contribution in [0.5, 0.6) is 11.5 Å². The van der Waals surface area contributed by atoms with Crippen LogP contribution in [0.3, 0.4) is 0 Å². The fourth-order valence-electron chi connectivity index (χ4n) is 10.0. The molecule has 1 saturated carbocycles. The number of rotatable bonds is 8. The van der Waals surface area contributed by atoms with Crippen molar-refractivity contribution < 1.29 is 29.0 Å². The average molecular weight is 862 g/mol. The first-order chi connectivity index (χ1) is 29.0. The molecule has 5 aromatic rings. The topological polar surface area (TPSA) is 129 Å². The minimum Gasteiger partial charge on any atom is -0.503 e. The van der Waals surface area contributed by atoms with Crippen LogP contribution in [0, 0.1) is 23.7 Å². The van der Waals surface area contributed by atoms with Gasteiger partial charge in [0, 0.05) is 37.2 Å². The molecule has 3 aliphatic carbocycles. The van der Waals surface area contributed by atoms with E-state index in [9.17, 15) is 14.7 Å². The maximum atomic E-state index is 15.3. The number of aromatic hydroxyl groups is 1. The van der Waals surface area contributed by atoms with Crippen LogP contribution in [0.4, 0.5) is 22.7 Å². The number of imide groups is 1. The monoisotopic (exact) mass is 860 g/mol. The van der Waals surface area contributed by atoms with Gasteiger partial charge in [-0.15, -0.1) is 0 Å². The lowest BCUT2D eigenvalue weighted by Crippen LogP contribution is -2.58. The van der Waals surface area contributed by atoms with Gasteiger partial charge >= 0.3 is 0 Å². The van der Waals surface area contributed by atoms with Gasteiger partial charge in [-0.1, -0.05) is 72.3 Å². The van der Waals surface area contributed by atoms with Gasteiger partial charge in [-0.2, -0.15) is 10.2 Å². The summed E-state index contributed by atoms with van der Waals surface area (Å²) in [5.41, 5.74) is 4.35. The highest BCUT2D eigenvalue weighted by atomic mass is 79.9. The number of fused-ring (bicyclic) bond motifs is 4. The number of halogens is 1. The normalized spacial score (nSPS) is 24.7. The number of anilines is 2. The first kappa shape index (κ1) is 39.0. The van der Waals surface area contributed by atoms with Crippen LogP contribution in [0.25, 0.3) is 5.57 Å². The van der Waals surface area contributed by atoms with Gasteiger partial charge in [-0.3, -0.25) is 24.1 Å². The molecule has 0 spiro atoms. The van der Waals surface area contributed by atoms with Gasteiger partial charge in [0.15, 0.2) is 23.1 Å². The lowest BCUT2D eigenvalue weighted by molar-refractivity contribution is -0.135. The second kappa shape index (κ2) is 15.3. The van der Waals surface area contributed by atoms with Crippen molar-refractivity contribution in [1.29, 1.82) is 0 Å². The van der Waals surface area contributed by atoms with Crippen LogP contribution >= 0.6 is 15.9 Å². The van der Waals surface area contributed by atoms with Gasteiger partial charge in [0.2, 0.25) is 11.8 Å². The number of methoxy groups -OCH3 is 1. The third-order valence-electron chi connectivity index (χ3n) is 12.7. The van der Waals surface area contributed by atoms with E-state index in [4.69, 9.17) is 4.74 Å². The summed E-state index contributed by atoms with van der Waals surface area (Å²) in [6, 6.07) is 36.6. The molecule has 2 amide bonds. The first-order valence-electron chi connectivity index (χ1n) is 19.9. The number of azo groups is 1. The molecule has 0 radical (unpaired) electrons. The summed E-state index contributed by atoms with van der Waals surface area (Å²) in [5, 5.41) is 19.7. The molecule has 4 aliphatic rings. The van der Waals surface area contributed by atoms with Gasteiger partial charge in [0.05, 0.1) is 45.9 Å². The van der Waals surface area contributed by atoms with Crippen molar-refractivity contribution in [2.24, 2.45) is 33.9 Å². The summed E-state index contributed by atoms with van der Waals surface area (Å²) in [5.74, 6) is -4.68. The van der Waals surface area contributed by atoms with Crippen molar-refractivity contribution >= 4 is 67.6 Å². The minimum atomic E-state index is -1.42. The first-order valence-corrected chi connectivity index (χ1v) is 20.7. The SMILES string of the molecule is COc1cc(C2C3=CCC4C(=O)N(c5ccc(N=Nc6ccc(N(C)C)cc6)cc5)C(=O)C4C3CC3C(=O)C(c4ccccc4)=CC(=O)C32c2ccccc2)cc(Br)c1O. The second-order valence-corrected chi connectivity index (χ2v) is 16.8. The zero-order chi connectivity index (χ0) is 41.9. The van der Waals surface area contributed by atoms with Gasteiger partial charge < -0.3 is 14.7 Å². The van der Waals surface area contributed by atoms with Gasteiger partial charge in [0.25, 0.3) is 0 Å². The van der Waals surface area contributed by atoms with Crippen LogP contribution in [0.2, 0.25) is 0 Å². The predicted molar refractivity (Wildman–Crippen MR) is 233 cm³/mol. The number of Topliss-reactive ketones (excluding diaryl/α,β-unsaturated/α-hetero) is 1. The zero-order valence-electron chi connectivity index (χ0n) is 33.2. The molecule has 300 valence electrons. The predicted octanol–water partition coefficient (Wildman–Crippen LogP) is 9.67. The highest BCUT2D eigenvalue weighted by molar-refractivity contribution is 9.10. The van der Waals surface area contributed by atoms with Crippen molar-refractivity contribution in [1.82, 2.24) is 0 Å². The van der Waals surface area contributed by atoms with E-state index < -0.39 is 35.0 Å². The fourth-order valence-corrected chi connectivity index (χ4v) is 10.5. The number of phenols is 1. The fraction of sp³-hybridized carbons (Fsp3) is 0.224. The number of allylic oxidation sites excluding steroid dienone is 4. The highest BCUT2D eigenvalue weighted by Gasteiger charge is 2.66. The Hall–Kier alpha value is -6.46. The summed E-state index contributed by atoms with van der Waals surface area (Å²) in [6.07, 6.45) is 3.95. The Kier molecular flexibility index (Phi) is 9.94. The Morgan fingerprint density at radius 1 is 0.800 bits per heavy atom. The van der Waals surface area contributed by atoms with Crippen LogP contribution < -0.4 is 14.5 Å². The number of ether oxygens (including phenoxy) is 1. The molecule has 2 fully saturated rings. The van der Waals surface area contributed by atoms with E-state index in [0.717, 1.165) is 11.3 Å². The summed E-state index contributed by atoms with van der Waals surface area (Å²) < 4.78 is 5.98. The van der Waals surface area contributed by atoms with Crippen molar-refractivity contribution in [3.05, 3.63) is 160 Å². The number of amides is 2. The van der Waals surface area contributed by atoms with E-state index in [1.807, 2.05) is 110 Å². The molecular weight excluding hydrogens is 820 g/mol. The second-order valence-electron chi connectivity index (χ2n) is 16.0. The van der Waals surface area contributed by atoms with E-state index in [1.165, 1.54) is 18.1 Å². The van der Waals surface area contributed by atoms with Gasteiger partial charge in [-0.25, -0.2) is 0 Å². The Labute approximate surface area is 356 Å². The summed E-state index contributed by atoms with van der Waals surface area (Å²) in [7, 11) is 5.39. The number of benzene rings is 5. The van der Waals surface area contributed by atoms with E-state index in [-0.39, 0.29) is 47.7 Å². The number of phenolic OH excluding ortho intramolecular Hbond substituents is 1. The molecule has 1 saturated heterocycles. The summed E-state index contributed by atoms with van der Waals surface area (Å²) >= 11 is 3.52. The van der Waals surface area contributed by atoms with E-state index in [0.29, 0.717) is 43.8 Å². The number of hydrogen-bond acceptors (Lipinski definition) is 9. The van der Waals surface area contributed by atoms with E-state index >= 15 is 9.59 Å². The van der Waals surface area contributed by atoms with Crippen LogP contribution in [-0.2, 0) is 24.6 Å². The van der Waals surface area contributed by atoms with Crippen molar-refractivity contribution in [2.75, 3.05) is 31.0 Å². The molecule has 5 aromatic carbocycles. The number of nitrogens with zero attached hydrogens (tertiary/aromatic N) is 4. The standard InChI is InChI=1S/C49H41BrN4O6/c1-53(2)33-18-14-31(15-19-33)51-52-32-16-20-34(21-17-32)54-47(58)36-23-22-35-38(43(36)48(54)59)26-39-45(56)37(28-10-6-4-7-11-28)27-42(55)49(39,30-12-8-5-9-13-30)44(35)29-24-40(50)46(57)41(25-29)60-3/h4-22,24-25,27,36,38-39,43-44,57H,23,26H2,1-3H3. The third-order valence-corrected chi connectivity index (χ3v) is 13.3. The molecule has 0 bridgehead atoms. The number of ketones is 2. The smallest absolute Gasteiger partial charge is 0.238 e. The van der Waals surface area contributed by atoms with Crippen molar-refractivity contribution in [3.8, 4) is 11.5 Å². The summed E-state index contributed by atoms with van der Waals surface area (Å²) in [4.78, 5) is 63.1. The third kappa shape index (κ3) is 6.22. The lowest BCUT2D eigenvalue weighted by Gasteiger charge is -2.55. The molecule has 1 N–H and O–H groups in total. The van der Waals surface area contributed by atoms with Crippen LogP contribution in [-0.4, -0.2) is 49.7 Å². The molecule has 60 heavy (non-hydrogen) atoms. The maximum Gasteiger partial charge on any atom is 0.238 e. The van der Waals surface area contributed by atoms with E-state index in [2.05, 4.69) is 26.2 Å². The molecular formula is C49H41BrN4O6.